The highest BCUT2D eigenvalue weighted by Crippen LogP contribution is 2.28. The Morgan fingerprint density at radius 1 is 0.781 bits per heavy atom. The molecule has 0 radical (unpaired) electrons. The van der Waals surface area contributed by atoms with Crippen LogP contribution < -0.4 is 4.90 Å². The lowest BCUT2D eigenvalue weighted by molar-refractivity contribution is 0.0748. The van der Waals surface area contributed by atoms with Crippen LogP contribution in [0.2, 0.25) is 0 Å². The average Bonchev–Trinajstić information content (AvgIpc) is 2.85. The number of piperazine rings is 1. The maximum absolute atomic E-state index is 13.6. The summed E-state index contributed by atoms with van der Waals surface area (Å²) in [5.41, 5.74) is 7.17. The van der Waals surface area contributed by atoms with Crippen LogP contribution in [-0.2, 0) is 0 Å². The second kappa shape index (κ2) is 8.46. The number of amides is 1. The lowest BCUT2D eigenvalue weighted by Gasteiger charge is -2.36. The lowest BCUT2D eigenvalue weighted by atomic mass is 10.00. The first-order chi connectivity index (χ1) is 15.6. The van der Waals surface area contributed by atoms with E-state index in [0.717, 1.165) is 40.8 Å². The molecule has 1 amide bonds. The number of carbonyl (C=O) groups is 1. The molecule has 32 heavy (non-hydrogen) atoms. The summed E-state index contributed by atoms with van der Waals surface area (Å²) in [7, 11) is 0. The topological polar surface area (TPSA) is 36.4 Å². The van der Waals surface area contributed by atoms with E-state index in [0.29, 0.717) is 13.1 Å². The van der Waals surface area contributed by atoms with Crippen LogP contribution in [0.15, 0.2) is 78.9 Å². The van der Waals surface area contributed by atoms with E-state index < -0.39 is 0 Å². The molecule has 1 aliphatic rings. The molecular weight excluding hydrogens is 394 g/mol. The van der Waals surface area contributed by atoms with Crippen molar-refractivity contribution in [1.82, 2.24) is 9.88 Å². The number of aryl methyl sites for hydroxylation is 2. The van der Waals surface area contributed by atoms with E-state index in [9.17, 15) is 4.79 Å². The summed E-state index contributed by atoms with van der Waals surface area (Å²) >= 11 is 0. The first kappa shape index (κ1) is 20.3. The predicted octanol–water partition coefficient (Wildman–Crippen LogP) is 5.48. The molecule has 4 aromatic rings. The number of rotatable bonds is 3. The number of benzene rings is 3. The quantitative estimate of drug-likeness (QED) is 0.439. The Labute approximate surface area is 189 Å². The molecule has 160 valence electrons. The van der Waals surface area contributed by atoms with Gasteiger partial charge in [0.05, 0.1) is 16.8 Å². The molecule has 0 spiro atoms. The van der Waals surface area contributed by atoms with E-state index in [4.69, 9.17) is 4.98 Å². The molecule has 4 nitrogen and oxygen atoms in total. The van der Waals surface area contributed by atoms with E-state index in [1.165, 1.54) is 16.8 Å². The van der Waals surface area contributed by atoms with Crippen molar-refractivity contribution in [3.63, 3.8) is 0 Å². The van der Waals surface area contributed by atoms with Crippen LogP contribution in [-0.4, -0.2) is 42.0 Å². The van der Waals surface area contributed by atoms with Gasteiger partial charge in [-0.05, 0) is 55.3 Å². The molecule has 0 bridgehead atoms. The molecule has 0 N–H and O–H groups in total. The van der Waals surface area contributed by atoms with Crippen LogP contribution in [0.5, 0.6) is 0 Å². The van der Waals surface area contributed by atoms with Gasteiger partial charge in [-0.3, -0.25) is 4.79 Å². The molecule has 0 unspecified atom stereocenters. The van der Waals surface area contributed by atoms with Crippen LogP contribution in [0.4, 0.5) is 5.69 Å². The molecule has 1 aliphatic heterocycles. The minimum Gasteiger partial charge on any atom is -0.368 e. The highest BCUT2D eigenvalue weighted by Gasteiger charge is 2.24. The van der Waals surface area contributed by atoms with E-state index in [2.05, 4.69) is 61.2 Å². The number of hydrogen-bond acceptors (Lipinski definition) is 3. The number of fused-ring (bicyclic) bond motifs is 1. The first-order valence-electron chi connectivity index (χ1n) is 11.2. The third-order valence-electron chi connectivity index (χ3n) is 6.44. The van der Waals surface area contributed by atoms with Gasteiger partial charge in [0.1, 0.15) is 0 Å². The Bertz CT molecular complexity index is 1270. The molecule has 2 heterocycles. The Hall–Kier alpha value is -3.66. The smallest absolute Gasteiger partial charge is 0.254 e. The van der Waals surface area contributed by atoms with Crippen molar-refractivity contribution in [2.45, 2.75) is 13.8 Å². The van der Waals surface area contributed by atoms with Crippen molar-refractivity contribution in [3.8, 4) is 11.3 Å². The summed E-state index contributed by atoms with van der Waals surface area (Å²) < 4.78 is 0. The molecule has 4 heteroatoms. The van der Waals surface area contributed by atoms with Crippen molar-refractivity contribution >= 4 is 22.5 Å². The SMILES string of the molecule is Cc1ccc(-c2cc(C(=O)N3CCN(c4ccccc4)CC3)c3ccccc3n2)cc1C. The van der Waals surface area contributed by atoms with Gasteiger partial charge in [0.2, 0.25) is 0 Å². The number of hydrogen-bond donors (Lipinski definition) is 0. The van der Waals surface area contributed by atoms with Gasteiger partial charge in [-0.2, -0.15) is 0 Å². The zero-order valence-corrected chi connectivity index (χ0v) is 18.6. The Morgan fingerprint density at radius 3 is 2.25 bits per heavy atom. The standard InChI is InChI=1S/C28H27N3O/c1-20-12-13-22(18-21(20)2)27-19-25(24-10-6-7-11-26(24)29-27)28(32)31-16-14-30(15-17-31)23-8-4-3-5-9-23/h3-13,18-19H,14-17H2,1-2H3. The van der Waals surface area contributed by atoms with E-state index in [-0.39, 0.29) is 5.91 Å². The number of pyridine rings is 1. The van der Waals surface area contributed by atoms with Crippen LogP contribution in [0.3, 0.4) is 0 Å². The highest BCUT2D eigenvalue weighted by atomic mass is 16.2. The number of anilines is 1. The molecule has 0 atom stereocenters. The monoisotopic (exact) mass is 421 g/mol. The number of nitrogens with zero attached hydrogens (tertiary/aromatic N) is 3. The molecule has 0 aliphatic carbocycles. The number of para-hydroxylation sites is 2. The molecular formula is C28H27N3O. The van der Waals surface area contributed by atoms with Crippen molar-refractivity contribution < 1.29 is 4.79 Å². The zero-order chi connectivity index (χ0) is 22.1. The summed E-state index contributed by atoms with van der Waals surface area (Å²) in [5, 5.41) is 0.913. The second-order valence-corrected chi connectivity index (χ2v) is 8.49. The first-order valence-corrected chi connectivity index (χ1v) is 11.2. The third-order valence-corrected chi connectivity index (χ3v) is 6.44. The maximum Gasteiger partial charge on any atom is 0.254 e. The summed E-state index contributed by atoms with van der Waals surface area (Å²) in [6.07, 6.45) is 0. The fourth-order valence-corrected chi connectivity index (χ4v) is 4.38. The summed E-state index contributed by atoms with van der Waals surface area (Å²) in [6.45, 7) is 7.31. The Balaban J connectivity index is 1.46. The van der Waals surface area contributed by atoms with Gasteiger partial charge < -0.3 is 9.80 Å². The van der Waals surface area contributed by atoms with Gasteiger partial charge in [0.25, 0.3) is 5.91 Å². The van der Waals surface area contributed by atoms with Crippen LogP contribution in [0.25, 0.3) is 22.2 Å². The molecule has 0 saturated carbocycles. The largest absolute Gasteiger partial charge is 0.368 e. The summed E-state index contributed by atoms with van der Waals surface area (Å²) in [5.74, 6) is 0.0846. The fraction of sp³-hybridized carbons (Fsp3) is 0.214. The zero-order valence-electron chi connectivity index (χ0n) is 18.6. The Kier molecular flexibility index (Phi) is 5.36. The van der Waals surface area contributed by atoms with Gasteiger partial charge in [0.15, 0.2) is 0 Å². The van der Waals surface area contributed by atoms with Gasteiger partial charge >= 0.3 is 0 Å². The molecule has 1 saturated heterocycles. The molecule has 3 aromatic carbocycles. The van der Waals surface area contributed by atoms with Crippen molar-refractivity contribution in [1.29, 1.82) is 0 Å². The van der Waals surface area contributed by atoms with Crippen molar-refractivity contribution in [2.75, 3.05) is 31.1 Å². The van der Waals surface area contributed by atoms with Crippen molar-refractivity contribution in [2.24, 2.45) is 0 Å². The van der Waals surface area contributed by atoms with Crippen LogP contribution in [0.1, 0.15) is 21.5 Å². The molecule has 1 fully saturated rings. The normalized spacial score (nSPS) is 14.1. The predicted molar refractivity (Wildman–Crippen MR) is 131 cm³/mol. The van der Waals surface area contributed by atoms with Gasteiger partial charge in [-0.1, -0.05) is 48.5 Å². The third kappa shape index (κ3) is 3.84. The van der Waals surface area contributed by atoms with Crippen LogP contribution in [0, 0.1) is 13.8 Å². The maximum atomic E-state index is 13.6. The van der Waals surface area contributed by atoms with E-state index in [1.807, 2.05) is 41.3 Å². The number of aromatic nitrogens is 1. The van der Waals surface area contributed by atoms with E-state index in [1.54, 1.807) is 0 Å². The molecule has 1 aromatic heterocycles. The van der Waals surface area contributed by atoms with Crippen LogP contribution >= 0.6 is 0 Å². The minimum atomic E-state index is 0.0846. The summed E-state index contributed by atoms with van der Waals surface area (Å²) in [4.78, 5) is 22.8. The lowest BCUT2D eigenvalue weighted by Crippen LogP contribution is -2.48. The van der Waals surface area contributed by atoms with E-state index >= 15 is 0 Å². The van der Waals surface area contributed by atoms with Gasteiger partial charge in [-0.15, -0.1) is 0 Å². The minimum absolute atomic E-state index is 0.0846. The fourth-order valence-electron chi connectivity index (χ4n) is 4.38. The highest BCUT2D eigenvalue weighted by molar-refractivity contribution is 6.07. The number of carbonyl (C=O) groups excluding carboxylic acids is 1. The van der Waals surface area contributed by atoms with Crippen molar-refractivity contribution in [3.05, 3.63) is 95.6 Å². The van der Waals surface area contributed by atoms with Gasteiger partial charge in [-0.25, -0.2) is 4.98 Å². The summed E-state index contributed by atoms with van der Waals surface area (Å²) in [6, 6.07) is 26.7. The molecule has 5 rings (SSSR count). The Morgan fingerprint density at radius 2 is 1.50 bits per heavy atom. The second-order valence-electron chi connectivity index (χ2n) is 8.49. The van der Waals surface area contributed by atoms with Gasteiger partial charge in [0, 0.05) is 42.8 Å². The average molecular weight is 422 g/mol.